The maximum absolute atomic E-state index is 11.6. The average Bonchev–Trinajstić information content (AvgIpc) is 2.87. The monoisotopic (exact) mass is 240 g/mol. The molecular formula is C10H16N4OS. The van der Waals surface area contributed by atoms with Crippen LogP contribution in [-0.4, -0.2) is 32.5 Å². The van der Waals surface area contributed by atoms with Crippen molar-refractivity contribution < 1.29 is 4.79 Å². The van der Waals surface area contributed by atoms with Crippen LogP contribution in [0.5, 0.6) is 0 Å². The summed E-state index contributed by atoms with van der Waals surface area (Å²) in [7, 11) is 1.82. The smallest absolute Gasteiger partial charge is 0.230 e. The van der Waals surface area contributed by atoms with E-state index in [2.05, 4.69) is 15.4 Å². The molecule has 5 nitrogen and oxygen atoms in total. The predicted octanol–water partition coefficient (Wildman–Crippen LogP) is 0.966. The lowest BCUT2D eigenvalue weighted by molar-refractivity contribution is -0.119. The summed E-state index contributed by atoms with van der Waals surface area (Å²) in [5.74, 6) is 0.517. The fourth-order valence-corrected chi connectivity index (χ4v) is 2.59. The van der Waals surface area contributed by atoms with E-state index in [1.54, 1.807) is 4.68 Å². The van der Waals surface area contributed by atoms with E-state index in [-0.39, 0.29) is 5.91 Å². The highest BCUT2D eigenvalue weighted by Gasteiger charge is 2.17. The number of rotatable bonds is 4. The minimum absolute atomic E-state index is 0.0971. The van der Waals surface area contributed by atoms with E-state index < -0.39 is 0 Å². The minimum atomic E-state index is 0.0971. The number of nitrogens with one attached hydrogen (secondary N) is 1. The number of amides is 1. The van der Waals surface area contributed by atoms with Crippen molar-refractivity contribution in [3.63, 3.8) is 0 Å². The minimum Gasteiger partial charge on any atom is -0.353 e. The zero-order chi connectivity index (χ0) is 11.4. The van der Waals surface area contributed by atoms with Gasteiger partial charge in [0.2, 0.25) is 5.91 Å². The van der Waals surface area contributed by atoms with Gasteiger partial charge in [-0.05, 0) is 12.8 Å². The first kappa shape index (κ1) is 11.4. The van der Waals surface area contributed by atoms with Crippen LogP contribution in [0.3, 0.4) is 0 Å². The topological polar surface area (TPSA) is 59.8 Å². The first-order chi connectivity index (χ1) is 7.75. The molecule has 1 aromatic heterocycles. The lowest BCUT2D eigenvalue weighted by atomic mass is 10.2. The Morgan fingerprint density at radius 3 is 3.00 bits per heavy atom. The molecule has 88 valence electrons. The van der Waals surface area contributed by atoms with Gasteiger partial charge in [-0.2, -0.15) is 5.10 Å². The molecule has 0 aliphatic heterocycles. The van der Waals surface area contributed by atoms with Gasteiger partial charge >= 0.3 is 0 Å². The summed E-state index contributed by atoms with van der Waals surface area (Å²) in [6.45, 7) is 0. The van der Waals surface area contributed by atoms with Gasteiger partial charge in [-0.3, -0.25) is 4.79 Å². The Morgan fingerprint density at radius 2 is 2.38 bits per heavy atom. The quantitative estimate of drug-likeness (QED) is 0.797. The van der Waals surface area contributed by atoms with Crippen molar-refractivity contribution in [2.45, 2.75) is 36.9 Å². The van der Waals surface area contributed by atoms with Crippen molar-refractivity contribution in [1.29, 1.82) is 0 Å². The molecule has 1 heterocycles. The van der Waals surface area contributed by atoms with Crippen LogP contribution in [-0.2, 0) is 11.8 Å². The largest absolute Gasteiger partial charge is 0.353 e. The molecule has 1 saturated carbocycles. The van der Waals surface area contributed by atoms with Crippen LogP contribution in [0.2, 0.25) is 0 Å². The van der Waals surface area contributed by atoms with Gasteiger partial charge in [0.25, 0.3) is 0 Å². The van der Waals surface area contributed by atoms with Gasteiger partial charge in [-0.1, -0.05) is 24.6 Å². The molecule has 1 aromatic rings. The van der Waals surface area contributed by atoms with Gasteiger partial charge < -0.3 is 5.32 Å². The molecule has 1 fully saturated rings. The first-order valence-corrected chi connectivity index (χ1v) is 6.50. The molecule has 6 heteroatoms. The van der Waals surface area contributed by atoms with Crippen molar-refractivity contribution in [2.24, 2.45) is 7.05 Å². The van der Waals surface area contributed by atoms with Crippen LogP contribution in [0, 0.1) is 0 Å². The van der Waals surface area contributed by atoms with Gasteiger partial charge in [-0.25, -0.2) is 9.67 Å². The Morgan fingerprint density at radius 1 is 1.62 bits per heavy atom. The standard InChI is InChI=1S/C10H16N4OS/c1-14-10(11-7-12-14)16-6-9(15)13-8-4-2-3-5-8/h7-8H,2-6H2,1H3,(H,13,15). The Labute approximate surface area is 99.0 Å². The average molecular weight is 240 g/mol. The fourth-order valence-electron chi connectivity index (χ4n) is 1.89. The number of nitrogens with zero attached hydrogens (tertiary/aromatic N) is 3. The molecule has 16 heavy (non-hydrogen) atoms. The number of hydrogen-bond acceptors (Lipinski definition) is 4. The number of hydrogen-bond donors (Lipinski definition) is 1. The van der Waals surface area contributed by atoms with Gasteiger partial charge in [-0.15, -0.1) is 0 Å². The molecule has 0 saturated heterocycles. The summed E-state index contributed by atoms with van der Waals surface area (Å²) < 4.78 is 1.67. The molecule has 0 bridgehead atoms. The van der Waals surface area contributed by atoms with Crippen LogP contribution >= 0.6 is 11.8 Å². The number of thioether (sulfide) groups is 1. The van der Waals surface area contributed by atoms with E-state index in [9.17, 15) is 4.79 Å². The van der Waals surface area contributed by atoms with Crippen molar-refractivity contribution in [2.75, 3.05) is 5.75 Å². The first-order valence-electron chi connectivity index (χ1n) is 5.52. The van der Waals surface area contributed by atoms with E-state index in [0.717, 1.165) is 18.0 Å². The number of aromatic nitrogens is 3. The summed E-state index contributed by atoms with van der Waals surface area (Å²) in [6.07, 6.45) is 6.22. The maximum atomic E-state index is 11.6. The lowest BCUT2D eigenvalue weighted by Crippen LogP contribution is -2.33. The van der Waals surface area contributed by atoms with Gasteiger partial charge in [0, 0.05) is 13.1 Å². The van der Waals surface area contributed by atoms with Crippen LogP contribution in [0.25, 0.3) is 0 Å². The van der Waals surface area contributed by atoms with E-state index in [1.807, 2.05) is 7.05 Å². The second kappa shape index (κ2) is 5.34. The number of carbonyl (C=O) groups excluding carboxylic acids is 1. The normalized spacial score (nSPS) is 16.6. The Hall–Kier alpha value is -1.04. The van der Waals surface area contributed by atoms with Crippen LogP contribution < -0.4 is 5.32 Å². The van der Waals surface area contributed by atoms with Crippen molar-refractivity contribution in [3.05, 3.63) is 6.33 Å². The van der Waals surface area contributed by atoms with Crippen molar-refractivity contribution >= 4 is 17.7 Å². The summed E-state index contributed by atoms with van der Waals surface area (Å²) in [5, 5.41) is 7.77. The molecule has 2 rings (SSSR count). The fraction of sp³-hybridized carbons (Fsp3) is 0.700. The molecule has 0 aromatic carbocycles. The second-order valence-electron chi connectivity index (χ2n) is 4.00. The molecule has 1 amide bonds. The van der Waals surface area contributed by atoms with E-state index in [0.29, 0.717) is 11.8 Å². The molecule has 0 radical (unpaired) electrons. The summed E-state index contributed by atoms with van der Waals surface area (Å²) in [5.41, 5.74) is 0. The zero-order valence-electron chi connectivity index (χ0n) is 9.35. The molecular weight excluding hydrogens is 224 g/mol. The Bertz CT molecular complexity index is 359. The molecule has 0 spiro atoms. The van der Waals surface area contributed by atoms with Gasteiger partial charge in [0.05, 0.1) is 5.75 Å². The summed E-state index contributed by atoms with van der Waals surface area (Å²) in [4.78, 5) is 15.7. The third-order valence-electron chi connectivity index (χ3n) is 2.72. The predicted molar refractivity (Wildman–Crippen MR) is 62.1 cm³/mol. The van der Waals surface area contributed by atoms with Crippen molar-refractivity contribution in [1.82, 2.24) is 20.1 Å². The van der Waals surface area contributed by atoms with E-state index in [1.165, 1.54) is 30.9 Å². The molecule has 0 unspecified atom stereocenters. The van der Waals surface area contributed by atoms with Gasteiger partial charge in [0.15, 0.2) is 5.16 Å². The lowest BCUT2D eigenvalue weighted by Gasteiger charge is -2.11. The summed E-state index contributed by atoms with van der Waals surface area (Å²) in [6, 6.07) is 0.396. The zero-order valence-corrected chi connectivity index (χ0v) is 10.2. The van der Waals surface area contributed by atoms with Crippen LogP contribution in [0.1, 0.15) is 25.7 Å². The number of carbonyl (C=O) groups is 1. The molecule has 1 aliphatic rings. The highest BCUT2D eigenvalue weighted by atomic mass is 32.2. The third-order valence-corrected chi connectivity index (χ3v) is 3.76. The summed E-state index contributed by atoms with van der Waals surface area (Å²) >= 11 is 1.42. The third kappa shape index (κ3) is 2.98. The van der Waals surface area contributed by atoms with Gasteiger partial charge in [0.1, 0.15) is 6.33 Å². The Kier molecular flexibility index (Phi) is 3.82. The van der Waals surface area contributed by atoms with Crippen molar-refractivity contribution in [3.8, 4) is 0 Å². The molecule has 1 N–H and O–H groups in total. The highest BCUT2D eigenvalue weighted by Crippen LogP contribution is 2.18. The Balaban J connectivity index is 1.73. The SMILES string of the molecule is Cn1ncnc1SCC(=O)NC1CCCC1. The van der Waals surface area contributed by atoms with E-state index >= 15 is 0 Å². The van der Waals surface area contributed by atoms with E-state index in [4.69, 9.17) is 0 Å². The number of aryl methyl sites for hydroxylation is 1. The highest BCUT2D eigenvalue weighted by molar-refractivity contribution is 7.99. The molecule has 0 atom stereocenters. The maximum Gasteiger partial charge on any atom is 0.230 e. The van der Waals surface area contributed by atoms with Crippen LogP contribution in [0.4, 0.5) is 0 Å². The molecule has 1 aliphatic carbocycles. The second-order valence-corrected chi connectivity index (χ2v) is 4.95. The van der Waals surface area contributed by atoms with Crippen LogP contribution in [0.15, 0.2) is 11.5 Å².